The number of carbonyl (C=O) groups excluding carboxylic acids is 2. The summed E-state index contributed by atoms with van der Waals surface area (Å²) in [7, 11) is 1.64. The second-order valence-electron chi connectivity index (χ2n) is 5.71. The summed E-state index contributed by atoms with van der Waals surface area (Å²) in [6, 6.07) is 9.64. The highest BCUT2D eigenvalue weighted by Gasteiger charge is 2.35. The molecule has 1 aliphatic rings. The van der Waals surface area contributed by atoms with Gasteiger partial charge in [0.25, 0.3) is 6.47 Å². The quantitative estimate of drug-likeness (QED) is 0.586. The minimum atomic E-state index is -0.381. The average Bonchev–Trinajstić information content (AvgIpc) is 2.61. The maximum absolute atomic E-state index is 12.4. The van der Waals surface area contributed by atoms with Crippen molar-refractivity contribution in [2.75, 3.05) is 33.4 Å². The third kappa shape index (κ3) is 6.54. The van der Waals surface area contributed by atoms with Crippen molar-refractivity contribution in [3.8, 4) is 0 Å². The van der Waals surface area contributed by atoms with Gasteiger partial charge >= 0.3 is 0 Å². The predicted molar refractivity (Wildman–Crippen MR) is 93.1 cm³/mol. The molecule has 0 aliphatic carbocycles. The Morgan fingerprint density at radius 1 is 1.24 bits per heavy atom. The van der Waals surface area contributed by atoms with Crippen LogP contribution >= 0.6 is 0 Å². The van der Waals surface area contributed by atoms with Gasteiger partial charge in [0.1, 0.15) is 6.04 Å². The fourth-order valence-electron chi connectivity index (χ4n) is 2.74. The molecule has 1 heterocycles. The van der Waals surface area contributed by atoms with E-state index in [2.05, 4.69) is 0 Å². The normalized spacial score (nSPS) is 17.1. The minimum Gasteiger partial charge on any atom is -0.483 e. The summed E-state index contributed by atoms with van der Waals surface area (Å²) in [4.78, 5) is 36.4. The SMILES string of the molecule is COCCCN1C(=O)CN(CCc2ccccc2)C(=O)[C@H]1C.O=CO. The highest BCUT2D eigenvalue weighted by Crippen LogP contribution is 2.14. The number of benzene rings is 1. The van der Waals surface area contributed by atoms with Crippen LogP contribution in [0.3, 0.4) is 0 Å². The molecule has 138 valence electrons. The van der Waals surface area contributed by atoms with Gasteiger partial charge in [-0.1, -0.05) is 30.3 Å². The Hall–Kier alpha value is -2.41. The molecule has 0 radical (unpaired) electrons. The molecular formula is C18H26N2O5. The van der Waals surface area contributed by atoms with Crippen molar-refractivity contribution >= 4 is 18.3 Å². The van der Waals surface area contributed by atoms with Gasteiger partial charge in [0.2, 0.25) is 11.8 Å². The molecule has 1 aromatic rings. The van der Waals surface area contributed by atoms with E-state index in [4.69, 9.17) is 14.6 Å². The van der Waals surface area contributed by atoms with Gasteiger partial charge in [0.05, 0.1) is 6.54 Å². The summed E-state index contributed by atoms with van der Waals surface area (Å²) >= 11 is 0. The summed E-state index contributed by atoms with van der Waals surface area (Å²) in [5.74, 6) is 0.0595. The molecule has 0 bridgehead atoms. The van der Waals surface area contributed by atoms with Gasteiger partial charge in [-0.2, -0.15) is 0 Å². The minimum absolute atomic E-state index is 0.0243. The van der Waals surface area contributed by atoms with E-state index in [1.807, 2.05) is 37.3 Å². The highest BCUT2D eigenvalue weighted by molar-refractivity contribution is 5.94. The summed E-state index contributed by atoms with van der Waals surface area (Å²) < 4.78 is 5.01. The fraction of sp³-hybridized carbons (Fsp3) is 0.500. The number of ether oxygens (including phenoxy) is 1. The molecule has 1 fully saturated rings. The van der Waals surface area contributed by atoms with Crippen molar-refractivity contribution in [1.82, 2.24) is 9.80 Å². The fourth-order valence-corrected chi connectivity index (χ4v) is 2.74. The van der Waals surface area contributed by atoms with E-state index in [9.17, 15) is 9.59 Å². The molecule has 0 saturated carbocycles. The Morgan fingerprint density at radius 3 is 2.48 bits per heavy atom. The van der Waals surface area contributed by atoms with Crippen LogP contribution in [0.1, 0.15) is 18.9 Å². The van der Waals surface area contributed by atoms with Crippen molar-refractivity contribution in [1.29, 1.82) is 0 Å². The van der Waals surface area contributed by atoms with Crippen LogP contribution in [0.15, 0.2) is 30.3 Å². The molecule has 1 aliphatic heterocycles. The van der Waals surface area contributed by atoms with Gasteiger partial charge in [-0.3, -0.25) is 14.4 Å². The number of nitrogens with zero attached hydrogens (tertiary/aromatic N) is 2. The number of rotatable bonds is 7. The van der Waals surface area contributed by atoms with E-state index in [1.54, 1.807) is 16.9 Å². The monoisotopic (exact) mass is 350 g/mol. The Morgan fingerprint density at radius 2 is 1.88 bits per heavy atom. The lowest BCUT2D eigenvalue weighted by Crippen LogP contribution is -2.59. The first-order valence-electron chi connectivity index (χ1n) is 8.24. The lowest BCUT2D eigenvalue weighted by molar-refractivity contribution is -0.155. The molecule has 2 rings (SSSR count). The standard InChI is InChI=1S/C17H24N2O3.CH2O2/c1-14-17(21)18(11-9-15-7-4-3-5-8-15)13-16(20)19(14)10-6-12-22-2;2-1-3/h3-5,7-8,14H,6,9-13H2,1-2H3;1H,(H,2,3)/t14-;/m1./s1. The van der Waals surface area contributed by atoms with E-state index in [0.29, 0.717) is 19.7 Å². The zero-order valence-electron chi connectivity index (χ0n) is 14.8. The number of carbonyl (C=O) groups is 3. The third-order valence-corrected chi connectivity index (χ3v) is 4.04. The Labute approximate surface area is 148 Å². The van der Waals surface area contributed by atoms with E-state index in [-0.39, 0.29) is 30.9 Å². The molecule has 7 heteroatoms. The topological polar surface area (TPSA) is 87.2 Å². The summed E-state index contributed by atoms with van der Waals surface area (Å²) in [6.07, 6.45) is 1.53. The molecule has 1 N–H and O–H groups in total. The van der Waals surface area contributed by atoms with Gasteiger partial charge in [0.15, 0.2) is 0 Å². The number of piperazine rings is 1. The van der Waals surface area contributed by atoms with E-state index in [1.165, 1.54) is 5.56 Å². The molecule has 0 spiro atoms. The Balaban J connectivity index is 0.000000970. The lowest BCUT2D eigenvalue weighted by Gasteiger charge is -2.38. The highest BCUT2D eigenvalue weighted by atomic mass is 16.5. The van der Waals surface area contributed by atoms with Crippen molar-refractivity contribution in [3.05, 3.63) is 35.9 Å². The Kier molecular flexibility index (Phi) is 9.24. The smallest absolute Gasteiger partial charge is 0.290 e. The molecule has 25 heavy (non-hydrogen) atoms. The van der Waals surface area contributed by atoms with Crippen molar-refractivity contribution in [2.45, 2.75) is 25.8 Å². The zero-order chi connectivity index (χ0) is 18.7. The van der Waals surface area contributed by atoms with Gasteiger partial charge < -0.3 is 19.6 Å². The van der Waals surface area contributed by atoms with Gasteiger partial charge in [-0.15, -0.1) is 0 Å². The molecule has 1 atom stereocenters. The van der Waals surface area contributed by atoms with Gasteiger partial charge in [-0.25, -0.2) is 0 Å². The predicted octanol–water partition coefficient (Wildman–Crippen LogP) is 1.03. The van der Waals surface area contributed by atoms with Crippen LogP contribution in [-0.4, -0.2) is 72.6 Å². The third-order valence-electron chi connectivity index (χ3n) is 4.04. The van der Waals surface area contributed by atoms with Crippen LogP contribution in [0, 0.1) is 0 Å². The van der Waals surface area contributed by atoms with Crippen LogP contribution in [-0.2, 0) is 25.5 Å². The van der Waals surface area contributed by atoms with E-state index < -0.39 is 0 Å². The van der Waals surface area contributed by atoms with E-state index in [0.717, 1.165) is 12.8 Å². The molecule has 7 nitrogen and oxygen atoms in total. The summed E-state index contributed by atoms with van der Waals surface area (Å²) in [5.41, 5.74) is 1.18. The average molecular weight is 350 g/mol. The number of amides is 2. The van der Waals surface area contributed by atoms with Crippen LogP contribution in [0.4, 0.5) is 0 Å². The first-order valence-corrected chi connectivity index (χ1v) is 8.24. The number of carboxylic acid groups (broad SMARTS) is 1. The van der Waals surface area contributed by atoms with Crippen LogP contribution in [0.2, 0.25) is 0 Å². The number of hydrogen-bond donors (Lipinski definition) is 1. The lowest BCUT2D eigenvalue weighted by atomic mass is 10.1. The first-order chi connectivity index (χ1) is 12.0. The molecule has 0 unspecified atom stereocenters. The van der Waals surface area contributed by atoms with Crippen molar-refractivity contribution in [2.24, 2.45) is 0 Å². The van der Waals surface area contributed by atoms with Crippen molar-refractivity contribution in [3.63, 3.8) is 0 Å². The molecular weight excluding hydrogens is 324 g/mol. The molecule has 1 saturated heterocycles. The van der Waals surface area contributed by atoms with Crippen LogP contribution in [0.5, 0.6) is 0 Å². The van der Waals surface area contributed by atoms with Gasteiger partial charge in [-0.05, 0) is 25.3 Å². The van der Waals surface area contributed by atoms with Gasteiger partial charge in [0, 0.05) is 26.8 Å². The Bertz CT molecular complexity index is 550. The van der Waals surface area contributed by atoms with Crippen molar-refractivity contribution < 1.29 is 24.2 Å². The first kappa shape index (κ1) is 20.6. The summed E-state index contributed by atoms with van der Waals surface area (Å²) in [6.45, 7) is 3.50. The molecule has 2 amide bonds. The van der Waals surface area contributed by atoms with E-state index >= 15 is 0 Å². The molecule has 1 aromatic carbocycles. The summed E-state index contributed by atoms with van der Waals surface area (Å²) in [5, 5.41) is 6.89. The largest absolute Gasteiger partial charge is 0.483 e. The number of hydrogen-bond acceptors (Lipinski definition) is 4. The van der Waals surface area contributed by atoms with Crippen LogP contribution < -0.4 is 0 Å². The molecule has 0 aromatic heterocycles. The maximum atomic E-state index is 12.4. The zero-order valence-corrected chi connectivity index (χ0v) is 14.8. The number of methoxy groups -OCH3 is 1. The second-order valence-corrected chi connectivity index (χ2v) is 5.71. The maximum Gasteiger partial charge on any atom is 0.290 e. The second kappa shape index (κ2) is 11.2. The van der Waals surface area contributed by atoms with Crippen LogP contribution in [0.25, 0.3) is 0 Å².